The first kappa shape index (κ1) is 14.0. The van der Waals surface area contributed by atoms with Gasteiger partial charge in [-0.15, -0.1) is 12.4 Å². The van der Waals surface area contributed by atoms with Gasteiger partial charge in [0.25, 0.3) is 0 Å². The molecule has 6 heteroatoms. The number of amides is 1. The molecule has 2 rings (SSSR count). The lowest BCUT2D eigenvalue weighted by atomic mass is 10.2. The smallest absolute Gasteiger partial charge is 0.239 e. The van der Waals surface area contributed by atoms with E-state index in [9.17, 15) is 4.79 Å². The topological polar surface area (TPSA) is 58.4 Å². The predicted octanol–water partition coefficient (Wildman–Crippen LogP) is 1.12. The summed E-state index contributed by atoms with van der Waals surface area (Å²) in [6.07, 6.45) is 2.01. The van der Waals surface area contributed by atoms with E-state index in [2.05, 4.69) is 10.5 Å². The fourth-order valence-corrected chi connectivity index (χ4v) is 1.97. The maximum atomic E-state index is 12.0. The van der Waals surface area contributed by atoms with E-state index < -0.39 is 0 Å². The molecule has 0 bridgehead atoms. The van der Waals surface area contributed by atoms with Crippen molar-refractivity contribution in [2.24, 2.45) is 0 Å². The van der Waals surface area contributed by atoms with E-state index in [0.717, 1.165) is 30.8 Å². The molecule has 1 aromatic heterocycles. The van der Waals surface area contributed by atoms with E-state index in [1.54, 1.807) is 11.9 Å². The largest absolute Gasteiger partial charge is 0.361 e. The highest BCUT2D eigenvalue weighted by molar-refractivity contribution is 5.85. The fraction of sp³-hybridized carbons (Fsp3) is 0.636. The Bertz CT molecular complexity index is 375. The van der Waals surface area contributed by atoms with Crippen LogP contribution >= 0.6 is 12.4 Å². The van der Waals surface area contributed by atoms with Gasteiger partial charge in [-0.1, -0.05) is 5.16 Å². The van der Waals surface area contributed by atoms with E-state index >= 15 is 0 Å². The van der Waals surface area contributed by atoms with Crippen LogP contribution < -0.4 is 5.32 Å². The first-order chi connectivity index (χ1) is 7.66. The molecular weight excluding hydrogens is 242 g/mol. The summed E-state index contributed by atoms with van der Waals surface area (Å²) < 4.78 is 4.97. The Morgan fingerprint density at radius 2 is 2.47 bits per heavy atom. The highest BCUT2D eigenvalue weighted by atomic mass is 35.5. The molecule has 1 fully saturated rings. The van der Waals surface area contributed by atoms with Crippen LogP contribution in [0, 0.1) is 6.92 Å². The summed E-state index contributed by atoms with van der Waals surface area (Å²) in [5.41, 5.74) is 0.798. The quantitative estimate of drug-likeness (QED) is 0.884. The third-order valence-electron chi connectivity index (χ3n) is 2.81. The van der Waals surface area contributed by atoms with Crippen molar-refractivity contribution in [1.82, 2.24) is 15.4 Å². The van der Waals surface area contributed by atoms with Crippen molar-refractivity contribution in [1.29, 1.82) is 0 Å². The molecule has 1 atom stereocenters. The molecule has 1 amide bonds. The molecule has 0 radical (unpaired) electrons. The number of nitrogens with one attached hydrogen (secondary N) is 1. The van der Waals surface area contributed by atoms with Crippen molar-refractivity contribution in [3.05, 3.63) is 17.5 Å². The third-order valence-corrected chi connectivity index (χ3v) is 2.81. The minimum Gasteiger partial charge on any atom is -0.361 e. The number of aryl methyl sites for hydroxylation is 1. The SMILES string of the molecule is Cc1cc(CN(C)C(=O)C2CCCN2)no1.Cl. The van der Waals surface area contributed by atoms with Crippen LogP contribution in [0.4, 0.5) is 0 Å². The number of halogens is 1. The van der Waals surface area contributed by atoms with Crippen LogP contribution in [0.15, 0.2) is 10.6 Å². The Labute approximate surface area is 107 Å². The summed E-state index contributed by atoms with van der Waals surface area (Å²) >= 11 is 0. The molecule has 1 N–H and O–H groups in total. The molecule has 96 valence electrons. The van der Waals surface area contributed by atoms with Gasteiger partial charge in [0, 0.05) is 13.1 Å². The first-order valence-electron chi connectivity index (χ1n) is 5.57. The van der Waals surface area contributed by atoms with Crippen LogP contribution in [0.2, 0.25) is 0 Å². The Balaban J connectivity index is 0.00000144. The van der Waals surface area contributed by atoms with E-state index in [1.807, 2.05) is 13.0 Å². The summed E-state index contributed by atoms with van der Waals surface area (Å²) in [6.45, 7) is 3.29. The summed E-state index contributed by atoms with van der Waals surface area (Å²) in [4.78, 5) is 13.7. The molecule has 2 heterocycles. The zero-order valence-electron chi connectivity index (χ0n) is 10.1. The summed E-state index contributed by atoms with van der Waals surface area (Å²) in [7, 11) is 1.80. The van der Waals surface area contributed by atoms with E-state index in [0.29, 0.717) is 6.54 Å². The monoisotopic (exact) mass is 259 g/mol. The maximum Gasteiger partial charge on any atom is 0.239 e. The van der Waals surface area contributed by atoms with Crippen molar-refractivity contribution >= 4 is 18.3 Å². The van der Waals surface area contributed by atoms with Crippen LogP contribution in [0.1, 0.15) is 24.3 Å². The zero-order chi connectivity index (χ0) is 11.5. The molecule has 5 nitrogen and oxygen atoms in total. The van der Waals surface area contributed by atoms with Crippen LogP contribution in [0.25, 0.3) is 0 Å². The molecular formula is C11H18ClN3O2. The molecule has 1 unspecified atom stereocenters. The van der Waals surface area contributed by atoms with Gasteiger partial charge in [-0.2, -0.15) is 0 Å². The van der Waals surface area contributed by atoms with Gasteiger partial charge in [0.2, 0.25) is 5.91 Å². The van der Waals surface area contributed by atoms with Crippen molar-refractivity contribution in [3.63, 3.8) is 0 Å². The number of carbonyl (C=O) groups is 1. The average Bonchev–Trinajstić information content (AvgIpc) is 2.88. The van der Waals surface area contributed by atoms with Crippen LogP contribution in [0.3, 0.4) is 0 Å². The Hall–Kier alpha value is -1.07. The van der Waals surface area contributed by atoms with Crippen LogP contribution in [-0.2, 0) is 11.3 Å². The minimum absolute atomic E-state index is 0. The van der Waals surface area contributed by atoms with E-state index in [1.165, 1.54) is 0 Å². The van der Waals surface area contributed by atoms with Gasteiger partial charge in [-0.05, 0) is 26.3 Å². The van der Waals surface area contributed by atoms with E-state index in [4.69, 9.17) is 4.52 Å². The molecule has 0 spiro atoms. The normalized spacial score (nSPS) is 18.8. The summed E-state index contributed by atoms with van der Waals surface area (Å²) in [5, 5.41) is 7.07. The highest BCUT2D eigenvalue weighted by Gasteiger charge is 2.25. The second-order valence-electron chi connectivity index (χ2n) is 4.27. The Morgan fingerprint density at radius 3 is 3.00 bits per heavy atom. The second-order valence-corrected chi connectivity index (χ2v) is 4.27. The van der Waals surface area contributed by atoms with Gasteiger partial charge >= 0.3 is 0 Å². The average molecular weight is 260 g/mol. The zero-order valence-corrected chi connectivity index (χ0v) is 10.9. The third kappa shape index (κ3) is 3.44. The molecule has 17 heavy (non-hydrogen) atoms. The predicted molar refractivity (Wildman–Crippen MR) is 66.0 cm³/mol. The second kappa shape index (κ2) is 6.02. The van der Waals surface area contributed by atoms with Gasteiger partial charge in [0.1, 0.15) is 11.5 Å². The minimum atomic E-state index is -0.0157. The van der Waals surface area contributed by atoms with Crippen molar-refractivity contribution in [3.8, 4) is 0 Å². The highest BCUT2D eigenvalue weighted by Crippen LogP contribution is 2.10. The van der Waals surface area contributed by atoms with Gasteiger partial charge in [0.15, 0.2) is 0 Å². The Morgan fingerprint density at radius 1 is 1.71 bits per heavy atom. The van der Waals surface area contributed by atoms with E-state index in [-0.39, 0.29) is 24.4 Å². The number of nitrogens with zero attached hydrogens (tertiary/aromatic N) is 2. The molecule has 1 aromatic rings. The molecule has 0 aliphatic carbocycles. The van der Waals surface area contributed by atoms with Crippen LogP contribution in [0.5, 0.6) is 0 Å². The number of hydrogen-bond acceptors (Lipinski definition) is 4. The lowest BCUT2D eigenvalue weighted by Gasteiger charge is -2.19. The number of rotatable bonds is 3. The van der Waals surface area contributed by atoms with Gasteiger partial charge < -0.3 is 14.7 Å². The molecule has 0 saturated carbocycles. The lowest BCUT2D eigenvalue weighted by Crippen LogP contribution is -2.41. The summed E-state index contributed by atoms with van der Waals surface area (Å²) in [6, 6.07) is 1.84. The van der Waals surface area contributed by atoms with Crippen LogP contribution in [-0.4, -0.2) is 35.6 Å². The van der Waals surface area contributed by atoms with Gasteiger partial charge in [-0.25, -0.2) is 0 Å². The number of likely N-dealkylation sites (N-methyl/N-ethyl adjacent to an activating group) is 1. The van der Waals surface area contributed by atoms with Crippen molar-refractivity contribution in [2.45, 2.75) is 32.4 Å². The molecule has 1 aliphatic heterocycles. The maximum absolute atomic E-state index is 12.0. The molecule has 1 aliphatic rings. The fourth-order valence-electron chi connectivity index (χ4n) is 1.97. The van der Waals surface area contributed by atoms with Gasteiger partial charge in [0.05, 0.1) is 12.6 Å². The Kier molecular flexibility index (Phi) is 4.96. The number of hydrogen-bond donors (Lipinski definition) is 1. The summed E-state index contributed by atoms with van der Waals surface area (Å²) in [5.74, 6) is 0.910. The molecule has 0 aromatic carbocycles. The number of aromatic nitrogens is 1. The number of carbonyl (C=O) groups excluding carboxylic acids is 1. The standard InChI is InChI=1S/C11H17N3O2.ClH/c1-8-6-9(13-16-8)7-14(2)11(15)10-4-3-5-12-10;/h6,10,12H,3-5,7H2,1-2H3;1H. The van der Waals surface area contributed by atoms with Crippen molar-refractivity contribution in [2.75, 3.05) is 13.6 Å². The first-order valence-corrected chi connectivity index (χ1v) is 5.57. The van der Waals surface area contributed by atoms with Gasteiger partial charge in [-0.3, -0.25) is 4.79 Å². The lowest BCUT2D eigenvalue weighted by molar-refractivity contribution is -0.132. The molecule has 1 saturated heterocycles. The van der Waals surface area contributed by atoms with Crippen molar-refractivity contribution < 1.29 is 9.32 Å².